The van der Waals surface area contributed by atoms with Crippen molar-refractivity contribution >= 4 is 12.4 Å². The SMILES string of the molecule is CC(O)CNC(C)(C)Oc1ccc(OCCOC(F)Cc2ccc(F)cc2)cc1.Cl. The van der Waals surface area contributed by atoms with E-state index in [1.165, 1.54) is 24.3 Å². The molecule has 168 valence electrons. The Kier molecular flexibility index (Phi) is 11.0. The van der Waals surface area contributed by atoms with Crippen LogP contribution in [0.25, 0.3) is 0 Å². The van der Waals surface area contributed by atoms with Crippen molar-refractivity contribution in [3.05, 3.63) is 59.9 Å². The molecule has 0 aromatic heterocycles. The summed E-state index contributed by atoms with van der Waals surface area (Å²) < 4.78 is 43.2. The summed E-state index contributed by atoms with van der Waals surface area (Å²) in [7, 11) is 0. The molecule has 0 spiro atoms. The molecular weight excluding hydrogens is 416 g/mol. The van der Waals surface area contributed by atoms with Crippen molar-refractivity contribution in [1.82, 2.24) is 5.32 Å². The molecule has 8 heteroatoms. The molecule has 0 amide bonds. The molecule has 0 bridgehead atoms. The summed E-state index contributed by atoms with van der Waals surface area (Å²) in [4.78, 5) is 0. The van der Waals surface area contributed by atoms with Crippen LogP contribution >= 0.6 is 12.4 Å². The Bertz CT molecular complexity index is 727. The number of aliphatic hydroxyl groups excluding tert-OH is 1. The van der Waals surface area contributed by atoms with Crippen LogP contribution in [-0.4, -0.2) is 43.1 Å². The smallest absolute Gasteiger partial charge is 0.202 e. The van der Waals surface area contributed by atoms with E-state index in [-0.39, 0.29) is 37.9 Å². The van der Waals surface area contributed by atoms with Crippen LogP contribution in [0.5, 0.6) is 11.5 Å². The standard InChI is InChI=1S/C22H29F2NO4.ClH/c1-16(26)15-25-22(2,3)29-20-10-8-19(9-11-20)27-12-13-28-21(24)14-17-4-6-18(23)7-5-17;/h4-11,16,21,25-26H,12-15H2,1-3H3;1H. The second-order valence-electron chi connectivity index (χ2n) is 7.27. The van der Waals surface area contributed by atoms with Crippen molar-refractivity contribution in [3.8, 4) is 11.5 Å². The van der Waals surface area contributed by atoms with Crippen LogP contribution in [-0.2, 0) is 11.2 Å². The van der Waals surface area contributed by atoms with Gasteiger partial charge in [0.2, 0.25) is 6.36 Å². The van der Waals surface area contributed by atoms with Crippen LogP contribution in [0, 0.1) is 5.82 Å². The van der Waals surface area contributed by atoms with E-state index in [2.05, 4.69) is 5.32 Å². The number of ether oxygens (including phenoxy) is 3. The summed E-state index contributed by atoms with van der Waals surface area (Å²) in [5, 5.41) is 12.5. The van der Waals surface area contributed by atoms with Gasteiger partial charge in [0.1, 0.15) is 23.9 Å². The van der Waals surface area contributed by atoms with E-state index in [0.717, 1.165) is 0 Å². The van der Waals surface area contributed by atoms with Crippen LogP contribution < -0.4 is 14.8 Å². The van der Waals surface area contributed by atoms with Gasteiger partial charge in [0.15, 0.2) is 5.72 Å². The molecule has 0 saturated carbocycles. The van der Waals surface area contributed by atoms with Gasteiger partial charge in [-0.1, -0.05) is 12.1 Å². The van der Waals surface area contributed by atoms with Crippen molar-refractivity contribution in [3.63, 3.8) is 0 Å². The van der Waals surface area contributed by atoms with Gasteiger partial charge in [0.05, 0.1) is 12.7 Å². The van der Waals surface area contributed by atoms with Gasteiger partial charge in [0, 0.05) is 13.0 Å². The van der Waals surface area contributed by atoms with E-state index in [0.29, 0.717) is 23.6 Å². The number of aliphatic hydroxyl groups is 1. The number of halogens is 3. The monoisotopic (exact) mass is 445 g/mol. The largest absolute Gasteiger partial charge is 0.491 e. The molecule has 0 heterocycles. The number of hydrogen-bond donors (Lipinski definition) is 2. The fraction of sp³-hybridized carbons (Fsp3) is 0.455. The first kappa shape index (κ1) is 26.1. The fourth-order valence-electron chi connectivity index (χ4n) is 2.53. The summed E-state index contributed by atoms with van der Waals surface area (Å²) >= 11 is 0. The first-order chi connectivity index (χ1) is 13.7. The van der Waals surface area contributed by atoms with Crippen LogP contribution in [0.2, 0.25) is 0 Å². The molecule has 0 fully saturated rings. The zero-order chi connectivity index (χ0) is 21.3. The van der Waals surface area contributed by atoms with Gasteiger partial charge in [-0.15, -0.1) is 12.4 Å². The normalized spacial score (nSPS) is 13.3. The van der Waals surface area contributed by atoms with E-state index < -0.39 is 18.2 Å². The highest BCUT2D eigenvalue weighted by molar-refractivity contribution is 5.85. The lowest BCUT2D eigenvalue weighted by Gasteiger charge is -2.28. The Morgan fingerprint density at radius 3 is 2.20 bits per heavy atom. The molecule has 2 aromatic rings. The Morgan fingerprint density at radius 1 is 1.00 bits per heavy atom. The molecular formula is C22H30ClF2NO4. The predicted molar refractivity (Wildman–Crippen MR) is 115 cm³/mol. The summed E-state index contributed by atoms with van der Waals surface area (Å²) in [6.07, 6.45) is -1.88. The molecule has 2 aromatic carbocycles. The lowest BCUT2D eigenvalue weighted by Crippen LogP contribution is -2.47. The Balaban J connectivity index is 0.00000450. The molecule has 0 radical (unpaired) electrons. The minimum Gasteiger partial charge on any atom is -0.491 e. The summed E-state index contributed by atoms with van der Waals surface area (Å²) in [6, 6.07) is 12.7. The highest BCUT2D eigenvalue weighted by atomic mass is 35.5. The van der Waals surface area contributed by atoms with Gasteiger partial charge >= 0.3 is 0 Å². The molecule has 0 aliphatic rings. The van der Waals surface area contributed by atoms with E-state index in [1.807, 2.05) is 13.8 Å². The van der Waals surface area contributed by atoms with Crippen LogP contribution in [0.3, 0.4) is 0 Å². The maximum Gasteiger partial charge on any atom is 0.202 e. The summed E-state index contributed by atoms with van der Waals surface area (Å²) in [6.45, 7) is 6.16. The zero-order valence-electron chi connectivity index (χ0n) is 17.4. The number of benzene rings is 2. The van der Waals surface area contributed by atoms with Gasteiger partial charge in [-0.2, -0.15) is 0 Å². The maximum absolute atomic E-state index is 13.8. The average molecular weight is 446 g/mol. The van der Waals surface area contributed by atoms with Gasteiger partial charge in [-0.3, -0.25) is 5.32 Å². The summed E-state index contributed by atoms with van der Waals surface area (Å²) in [5.74, 6) is 0.916. The van der Waals surface area contributed by atoms with Crippen molar-refractivity contribution in [2.45, 2.75) is 45.4 Å². The highest BCUT2D eigenvalue weighted by Crippen LogP contribution is 2.21. The van der Waals surface area contributed by atoms with Crippen molar-refractivity contribution in [2.24, 2.45) is 0 Å². The topological polar surface area (TPSA) is 60.0 Å². The summed E-state index contributed by atoms with van der Waals surface area (Å²) in [5.41, 5.74) is 0.0368. The van der Waals surface area contributed by atoms with Gasteiger partial charge < -0.3 is 19.3 Å². The molecule has 2 N–H and O–H groups in total. The molecule has 2 rings (SSSR count). The molecule has 30 heavy (non-hydrogen) atoms. The molecule has 2 unspecified atom stereocenters. The Morgan fingerprint density at radius 2 is 1.60 bits per heavy atom. The van der Waals surface area contributed by atoms with Gasteiger partial charge in [0.25, 0.3) is 0 Å². The number of nitrogens with one attached hydrogen (secondary N) is 1. The Hall–Kier alpha value is -1.93. The van der Waals surface area contributed by atoms with Crippen molar-refractivity contribution in [1.29, 1.82) is 0 Å². The van der Waals surface area contributed by atoms with Crippen molar-refractivity contribution < 1.29 is 28.1 Å². The van der Waals surface area contributed by atoms with Crippen molar-refractivity contribution in [2.75, 3.05) is 19.8 Å². The third-order valence-electron chi connectivity index (χ3n) is 3.98. The van der Waals surface area contributed by atoms with Crippen LogP contribution in [0.15, 0.2) is 48.5 Å². The lowest BCUT2D eigenvalue weighted by molar-refractivity contribution is -0.0469. The number of alkyl halides is 1. The highest BCUT2D eigenvalue weighted by Gasteiger charge is 2.19. The van der Waals surface area contributed by atoms with Gasteiger partial charge in [-0.05, 0) is 62.7 Å². The zero-order valence-corrected chi connectivity index (χ0v) is 18.3. The first-order valence-corrected chi connectivity index (χ1v) is 9.58. The van der Waals surface area contributed by atoms with E-state index in [4.69, 9.17) is 14.2 Å². The Labute approximate surface area is 182 Å². The lowest BCUT2D eigenvalue weighted by atomic mass is 10.1. The van der Waals surface area contributed by atoms with Crippen LogP contribution in [0.1, 0.15) is 26.3 Å². The average Bonchev–Trinajstić information content (AvgIpc) is 2.67. The van der Waals surface area contributed by atoms with E-state index >= 15 is 0 Å². The fourth-order valence-corrected chi connectivity index (χ4v) is 2.53. The van der Waals surface area contributed by atoms with Crippen LogP contribution in [0.4, 0.5) is 8.78 Å². The molecule has 2 atom stereocenters. The van der Waals surface area contributed by atoms with E-state index in [9.17, 15) is 13.9 Å². The minimum absolute atomic E-state index is 0. The second-order valence-corrected chi connectivity index (χ2v) is 7.27. The van der Waals surface area contributed by atoms with E-state index in [1.54, 1.807) is 31.2 Å². The third-order valence-corrected chi connectivity index (χ3v) is 3.98. The molecule has 5 nitrogen and oxygen atoms in total. The molecule has 0 saturated heterocycles. The molecule has 0 aliphatic heterocycles. The quantitative estimate of drug-likeness (QED) is 0.377. The molecule has 0 aliphatic carbocycles. The maximum atomic E-state index is 13.8. The minimum atomic E-state index is -1.48. The second kappa shape index (κ2) is 12.7. The first-order valence-electron chi connectivity index (χ1n) is 9.58. The van der Waals surface area contributed by atoms with Gasteiger partial charge in [-0.25, -0.2) is 8.78 Å². The third kappa shape index (κ3) is 10.2. The predicted octanol–water partition coefficient (Wildman–Crippen LogP) is 4.27. The number of hydrogen-bond acceptors (Lipinski definition) is 5. The number of rotatable bonds is 12.